The fraction of sp³-hybridized carbons (Fsp3) is 0.500. The molecule has 0 aliphatic heterocycles. The molecule has 5 heteroatoms. The Morgan fingerprint density at radius 3 is 2.33 bits per heavy atom. The maximum absolute atomic E-state index is 12.4. The van der Waals surface area contributed by atoms with Crippen LogP contribution in [0.15, 0.2) is 24.3 Å². The average Bonchev–Trinajstić information content (AvgIpc) is 2.36. The molecule has 0 unspecified atom stereocenters. The van der Waals surface area contributed by atoms with Gasteiger partial charge in [0, 0.05) is 18.5 Å². The van der Waals surface area contributed by atoms with Gasteiger partial charge < -0.3 is 15.4 Å². The van der Waals surface area contributed by atoms with Gasteiger partial charge in [-0.3, -0.25) is 4.79 Å². The molecule has 0 aromatic heterocycles. The number of hydrogen-bond acceptors (Lipinski definition) is 3. The van der Waals surface area contributed by atoms with Crippen molar-refractivity contribution < 1.29 is 9.53 Å². The normalized spacial score (nSPS) is 11.0. The highest BCUT2D eigenvalue weighted by Gasteiger charge is 2.26. The molecule has 1 amide bonds. The summed E-state index contributed by atoms with van der Waals surface area (Å²) < 4.78 is 5.55. The van der Waals surface area contributed by atoms with E-state index in [0.717, 1.165) is 5.56 Å². The number of nitrogens with two attached hydrogens (primary N) is 1. The minimum atomic E-state index is -0.293. The third-order valence-corrected chi connectivity index (χ3v) is 3.28. The van der Waals surface area contributed by atoms with E-state index in [4.69, 9.17) is 22.7 Å². The molecule has 116 valence electrons. The maximum Gasteiger partial charge on any atom is 0.260 e. The number of benzene rings is 1. The number of carbonyl (C=O) groups excluding carboxylic acids is 1. The molecule has 0 spiro atoms. The number of rotatable bonds is 6. The first kappa shape index (κ1) is 17.4. The number of amides is 1. The van der Waals surface area contributed by atoms with Gasteiger partial charge in [0.1, 0.15) is 5.75 Å². The minimum absolute atomic E-state index is 0.0116. The lowest BCUT2D eigenvalue weighted by atomic mass is 10.1. The van der Waals surface area contributed by atoms with E-state index < -0.39 is 0 Å². The van der Waals surface area contributed by atoms with E-state index in [9.17, 15) is 4.79 Å². The van der Waals surface area contributed by atoms with Crippen LogP contribution in [0.4, 0.5) is 0 Å². The van der Waals surface area contributed by atoms with Crippen LogP contribution in [0.5, 0.6) is 5.75 Å². The highest BCUT2D eigenvalue weighted by molar-refractivity contribution is 7.80. The molecule has 0 saturated carbocycles. The van der Waals surface area contributed by atoms with Crippen molar-refractivity contribution in [1.82, 2.24) is 4.90 Å². The van der Waals surface area contributed by atoms with Crippen LogP contribution in [0.25, 0.3) is 0 Å². The lowest BCUT2D eigenvalue weighted by Gasteiger charge is -2.35. The predicted octanol–water partition coefficient (Wildman–Crippen LogP) is 2.68. The molecule has 0 bridgehead atoms. The molecule has 0 heterocycles. The first-order valence-electron chi connectivity index (χ1n) is 6.98. The Morgan fingerprint density at radius 1 is 1.29 bits per heavy atom. The summed E-state index contributed by atoms with van der Waals surface area (Å²) in [7, 11) is 0. The van der Waals surface area contributed by atoms with Crippen LogP contribution in [-0.2, 0) is 4.79 Å². The molecular formula is C16H24N2O2S. The van der Waals surface area contributed by atoms with Gasteiger partial charge in [0.2, 0.25) is 0 Å². The summed E-state index contributed by atoms with van der Waals surface area (Å²) >= 11 is 4.89. The van der Waals surface area contributed by atoms with E-state index in [-0.39, 0.29) is 18.1 Å². The van der Waals surface area contributed by atoms with Crippen molar-refractivity contribution in [3.8, 4) is 5.75 Å². The van der Waals surface area contributed by atoms with Crippen LogP contribution in [0, 0.1) is 6.92 Å². The molecule has 0 fully saturated rings. The Kier molecular flexibility index (Phi) is 6.15. The standard InChI is InChI=1S/C16H24N2O2S/c1-12-5-7-13(8-6-12)20-11-15(19)18(16(2,3)4)10-9-14(17)21/h5-8H,9-11H2,1-4H3,(H2,17,21). The Labute approximate surface area is 132 Å². The zero-order valence-electron chi connectivity index (χ0n) is 13.2. The van der Waals surface area contributed by atoms with E-state index >= 15 is 0 Å². The van der Waals surface area contributed by atoms with Gasteiger partial charge in [-0.15, -0.1) is 0 Å². The summed E-state index contributed by atoms with van der Waals surface area (Å²) in [6.45, 7) is 8.47. The van der Waals surface area contributed by atoms with E-state index in [0.29, 0.717) is 23.7 Å². The number of hydrogen-bond donors (Lipinski definition) is 1. The SMILES string of the molecule is Cc1ccc(OCC(=O)N(CCC(N)=S)C(C)(C)C)cc1. The molecule has 1 aromatic rings. The second kappa shape index (κ2) is 7.41. The van der Waals surface area contributed by atoms with Gasteiger partial charge in [0.25, 0.3) is 5.91 Å². The molecule has 2 N–H and O–H groups in total. The average molecular weight is 308 g/mol. The van der Waals surface area contributed by atoms with E-state index in [1.54, 1.807) is 4.90 Å². The molecule has 4 nitrogen and oxygen atoms in total. The topological polar surface area (TPSA) is 55.6 Å². The zero-order valence-corrected chi connectivity index (χ0v) is 14.0. The number of carbonyl (C=O) groups is 1. The third kappa shape index (κ3) is 6.12. The number of thiocarbonyl (C=S) groups is 1. The first-order valence-corrected chi connectivity index (χ1v) is 7.39. The van der Waals surface area contributed by atoms with E-state index in [1.807, 2.05) is 52.0 Å². The van der Waals surface area contributed by atoms with Crippen molar-refractivity contribution in [2.45, 2.75) is 39.7 Å². The van der Waals surface area contributed by atoms with Crippen LogP contribution < -0.4 is 10.5 Å². The highest BCUT2D eigenvalue weighted by atomic mass is 32.1. The van der Waals surface area contributed by atoms with Gasteiger partial charge >= 0.3 is 0 Å². The molecule has 1 rings (SSSR count). The minimum Gasteiger partial charge on any atom is -0.484 e. The summed E-state index contributed by atoms with van der Waals surface area (Å²) in [5, 5.41) is 0. The summed E-state index contributed by atoms with van der Waals surface area (Å²) in [6, 6.07) is 7.63. The van der Waals surface area contributed by atoms with Crippen LogP contribution in [0.1, 0.15) is 32.8 Å². The van der Waals surface area contributed by atoms with Gasteiger partial charge in [-0.25, -0.2) is 0 Å². The van der Waals surface area contributed by atoms with Gasteiger partial charge in [-0.1, -0.05) is 29.9 Å². The Bertz CT molecular complexity index is 492. The van der Waals surface area contributed by atoms with Gasteiger partial charge in [-0.2, -0.15) is 0 Å². The zero-order chi connectivity index (χ0) is 16.0. The number of nitrogens with zero attached hydrogens (tertiary/aromatic N) is 1. The van der Waals surface area contributed by atoms with Crippen molar-refractivity contribution in [2.75, 3.05) is 13.2 Å². The van der Waals surface area contributed by atoms with Crippen LogP contribution in [0.3, 0.4) is 0 Å². The van der Waals surface area contributed by atoms with Gasteiger partial charge in [0.15, 0.2) is 6.61 Å². The second-order valence-corrected chi connectivity index (χ2v) is 6.56. The Morgan fingerprint density at radius 2 is 1.86 bits per heavy atom. The fourth-order valence-electron chi connectivity index (χ4n) is 1.91. The Hall–Kier alpha value is -1.62. The third-order valence-electron chi connectivity index (χ3n) is 3.08. The molecule has 0 aliphatic rings. The van der Waals surface area contributed by atoms with E-state index in [1.165, 1.54) is 0 Å². The van der Waals surface area contributed by atoms with Crippen LogP contribution in [0.2, 0.25) is 0 Å². The molecule has 0 atom stereocenters. The lowest BCUT2D eigenvalue weighted by molar-refractivity contribution is -0.138. The number of aryl methyl sites for hydroxylation is 1. The van der Waals surface area contributed by atoms with E-state index in [2.05, 4.69) is 0 Å². The molecule has 0 aliphatic carbocycles. The lowest BCUT2D eigenvalue weighted by Crippen LogP contribution is -2.48. The molecular weight excluding hydrogens is 284 g/mol. The van der Waals surface area contributed by atoms with Crippen molar-refractivity contribution in [1.29, 1.82) is 0 Å². The second-order valence-electron chi connectivity index (χ2n) is 6.03. The Balaban J connectivity index is 2.63. The first-order chi connectivity index (χ1) is 9.70. The molecule has 1 aromatic carbocycles. The summed E-state index contributed by atoms with van der Waals surface area (Å²) in [6.07, 6.45) is 0.517. The molecule has 0 radical (unpaired) electrons. The van der Waals surface area contributed by atoms with Gasteiger partial charge in [0.05, 0.1) is 4.99 Å². The van der Waals surface area contributed by atoms with Crippen molar-refractivity contribution in [3.63, 3.8) is 0 Å². The summed E-state index contributed by atoms with van der Waals surface area (Å²) in [5.41, 5.74) is 6.39. The van der Waals surface area contributed by atoms with Crippen molar-refractivity contribution >= 4 is 23.1 Å². The molecule has 21 heavy (non-hydrogen) atoms. The smallest absolute Gasteiger partial charge is 0.260 e. The highest BCUT2D eigenvalue weighted by Crippen LogP contribution is 2.16. The summed E-state index contributed by atoms with van der Waals surface area (Å²) in [5.74, 6) is 0.622. The maximum atomic E-state index is 12.4. The molecule has 0 saturated heterocycles. The van der Waals surface area contributed by atoms with Gasteiger partial charge in [-0.05, 0) is 39.8 Å². The van der Waals surface area contributed by atoms with Crippen LogP contribution in [-0.4, -0.2) is 34.5 Å². The van der Waals surface area contributed by atoms with Crippen molar-refractivity contribution in [2.24, 2.45) is 5.73 Å². The number of ether oxygens (including phenoxy) is 1. The van der Waals surface area contributed by atoms with Crippen molar-refractivity contribution in [3.05, 3.63) is 29.8 Å². The quantitative estimate of drug-likeness (QED) is 0.821. The van der Waals surface area contributed by atoms with Crippen LogP contribution >= 0.6 is 12.2 Å². The monoisotopic (exact) mass is 308 g/mol. The summed E-state index contributed by atoms with van der Waals surface area (Å²) in [4.78, 5) is 14.5. The predicted molar refractivity (Wildman–Crippen MR) is 89.5 cm³/mol. The fourth-order valence-corrected chi connectivity index (χ4v) is 2.00. The largest absolute Gasteiger partial charge is 0.484 e.